The van der Waals surface area contributed by atoms with E-state index in [-0.39, 0.29) is 11.8 Å². The van der Waals surface area contributed by atoms with Gasteiger partial charge >= 0.3 is 0 Å². The molecular formula is C7H10N2O2. The van der Waals surface area contributed by atoms with Gasteiger partial charge in [0.1, 0.15) is 0 Å². The molecule has 1 saturated carbocycles. The lowest BCUT2D eigenvalue weighted by Gasteiger charge is -2.14. The summed E-state index contributed by atoms with van der Waals surface area (Å²) in [4.78, 5) is 11.1. The Kier molecular flexibility index (Phi) is 1.42. The summed E-state index contributed by atoms with van der Waals surface area (Å²) in [6.07, 6.45) is 3.89. The number of carbonyl (C=O) groups is 1. The summed E-state index contributed by atoms with van der Waals surface area (Å²) in [5, 5.41) is 13.2. The molecule has 0 bridgehead atoms. The van der Waals surface area contributed by atoms with E-state index in [0.717, 1.165) is 31.4 Å². The second kappa shape index (κ2) is 2.30. The van der Waals surface area contributed by atoms with E-state index in [2.05, 4.69) is 5.10 Å². The Hall–Kier alpha value is -0.900. The number of hydrogen-bond acceptors (Lipinski definition) is 3. The van der Waals surface area contributed by atoms with Crippen LogP contribution in [0.15, 0.2) is 5.10 Å². The van der Waals surface area contributed by atoms with Gasteiger partial charge in [-0.3, -0.25) is 10.0 Å². The van der Waals surface area contributed by atoms with Crippen molar-refractivity contribution in [1.82, 2.24) is 5.17 Å². The van der Waals surface area contributed by atoms with Crippen molar-refractivity contribution < 1.29 is 10.0 Å². The second-order valence-corrected chi connectivity index (χ2v) is 3.02. The molecule has 4 nitrogen and oxygen atoms in total. The molecule has 1 aliphatic heterocycles. The van der Waals surface area contributed by atoms with Crippen molar-refractivity contribution in [3.8, 4) is 0 Å². The quantitative estimate of drug-likeness (QED) is 0.524. The van der Waals surface area contributed by atoms with Crippen LogP contribution in [0, 0.1) is 5.92 Å². The molecule has 0 saturated heterocycles. The van der Waals surface area contributed by atoms with Crippen LogP contribution < -0.4 is 0 Å². The molecule has 60 valence electrons. The zero-order valence-electron chi connectivity index (χ0n) is 6.16. The fourth-order valence-electron chi connectivity index (χ4n) is 1.69. The minimum absolute atomic E-state index is 0.103. The van der Waals surface area contributed by atoms with Crippen LogP contribution in [0.5, 0.6) is 0 Å². The molecule has 1 N–H and O–H groups in total. The molecule has 11 heavy (non-hydrogen) atoms. The van der Waals surface area contributed by atoms with Gasteiger partial charge in [-0.15, -0.1) is 5.17 Å². The summed E-state index contributed by atoms with van der Waals surface area (Å²) >= 11 is 0. The van der Waals surface area contributed by atoms with Crippen molar-refractivity contribution in [1.29, 1.82) is 0 Å². The van der Waals surface area contributed by atoms with Crippen LogP contribution >= 0.6 is 0 Å². The van der Waals surface area contributed by atoms with Crippen LogP contribution in [0.1, 0.15) is 25.7 Å². The predicted molar refractivity (Wildman–Crippen MR) is 38.0 cm³/mol. The van der Waals surface area contributed by atoms with Gasteiger partial charge in [-0.1, -0.05) is 6.42 Å². The first kappa shape index (κ1) is 6.79. The van der Waals surface area contributed by atoms with E-state index in [9.17, 15) is 4.79 Å². The number of fused-ring (bicyclic) bond motifs is 1. The predicted octanol–water partition coefficient (Wildman–Crippen LogP) is 0.764. The second-order valence-electron chi connectivity index (χ2n) is 3.02. The number of hydrogen-bond donors (Lipinski definition) is 1. The zero-order chi connectivity index (χ0) is 7.84. The van der Waals surface area contributed by atoms with Crippen molar-refractivity contribution in [3.63, 3.8) is 0 Å². The molecule has 0 aromatic rings. The normalized spacial score (nSPS) is 30.3. The smallest absolute Gasteiger partial charge is 0.270 e. The van der Waals surface area contributed by atoms with Crippen molar-refractivity contribution in [2.75, 3.05) is 0 Å². The third-order valence-electron chi connectivity index (χ3n) is 2.30. The molecule has 0 aromatic heterocycles. The SMILES string of the molecule is O=C1C2CCCCC2=NN1O. The highest BCUT2D eigenvalue weighted by Gasteiger charge is 2.36. The van der Waals surface area contributed by atoms with E-state index in [0.29, 0.717) is 5.17 Å². The van der Waals surface area contributed by atoms with Gasteiger partial charge in [0.25, 0.3) is 5.91 Å². The Labute approximate surface area is 64.5 Å². The number of hydroxylamine groups is 1. The van der Waals surface area contributed by atoms with Gasteiger partial charge in [0.2, 0.25) is 0 Å². The van der Waals surface area contributed by atoms with E-state index < -0.39 is 0 Å². The van der Waals surface area contributed by atoms with E-state index in [4.69, 9.17) is 5.21 Å². The molecule has 4 heteroatoms. The van der Waals surface area contributed by atoms with Gasteiger partial charge in [-0.25, -0.2) is 0 Å². The molecule has 1 aliphatic carbocycles. The zero-order valence-corrected chi connectivity index (χ0v) is 6.16. The molecule has 1 fully saturated rings. The Bertz CT molecular complexity index is 224. The number of amides is 1. The summed E-state index contributed by atoms with van der Waals surface area (Å²) in [5.41, 5.74) is 0.865. The van der Waals surface area contributed by atoms with Gasteiger partial charge in [-0.2, -0.15) is 5.10 Å². The molecule has 1 amide bonds. The van der Waals surface area contributed by atoms with Crippen LogP contribution in [0.25, 0.3) is 0 Å². The molecule has 1 atom stereocenters. The Morgan fingerprint density at radius 2 is 2.36 bits per heavy atom. The third-order valence-corrected chi connectivity index (χ3v) is 2.30. The van der Waals surface area contributed by atoms with Gasteiger partial charge in [-0.05, 0) is 19.3 Å². The molecular weight excluding hydrogens is 144 g/mol. The maximum atomic E-state index is 11.1. The summed E-state index contributed by atoms with van der Waals surface area (Å²) in [5.74, 6) is -0.353. The molecule has 0 spiro atoms. The van der Waals surface area contributed by atoms with Crippen molar-refractivity contribution in [2.45, 2.75) is 25.7 Å². The summed E-state index contributed by atoms with van der Waals surface area (Å²) in [7, 11) is 0. The first-order valence-corrected chi connectivity index (χ1v) is 3.89. The molecule has 1 unspecified atom stereocenters. The number of hydrazone groups is 1. The highest BCUT2D eigenvalue weighted by Crippen LogP contribution is 2.27. The van der Waals surface area contributed by atoms with Gasteiger partial charge in [0, 0.05) is 0 Å². The van der Waals surface area contributed by atoms with E-state index >= 15 is 0 Å². The van der Waals surface area contributed by atoms with Crippen molar-refractivity contribution in [3.05, 3.63) is 0 Å². The average Bonchev–Trinajstić information content (AvgIpc) is 2.30. The lowest BCUT2D eigenvalue weighted by atomic mass is 9.88. The monoisotopic (exact) mass is 154 g/mol. The Balaban J connectivity index is 2.22. The maximum absolute atomic E-state index is 11.1. The number of carbonyl (C=O) groups excluding carboxylic acids is 1. The van der Waals surface area contributed by atoms with Crippen molar-refractivity contribution in [2.24, 2.45) is 11.0 Å². The van der Waals surface area contributed by atoms with Gasteiger partial charge in [0.05, 0.1) is 11.6 Å². The standard InChI is InChI=1S/C7H10N2O2/c10-7-5-3-1-2-4-6(5)8-9(7)11/h5,11H,1-4H2. The van der Waals surface area contributed by atoms with E-state index in [1.54, 1.807) is 0 Å². The number of nitrogens with zero attached hydrogens (tertiary/aromatic N) is 2. The van der Waals surface area contributed by atoms with Gasteiger partial charge in [0.15, 0.2) is 0 Å². The summed E-state index contributed by atoms with van der Waals surface area (Å²) in [6.45, 7) is 0. The van der Waals surface area contributed by atoms with Crippen LogP contribution in [0.4, 0.5) is 0 Å². The largest absolute Gasteiger partial charge is 0.277 e. The minimum atomic E-state index is -0.250. The molecule has 2 rings (SSSR count). The fraction of sp³-hybridized carbons (Fsp3) is 0.714. The van der Waals surface area contributed by atoms with E-state index in [1.807, 2.05) is 0 Å². The average molecular weight is 154 g/mol. The Morgan fingerprint density at radius 1 is 1.55 bits per heavy atom. The lowest BCUT2D eigenvalue weighted by molar-refractivity contribution is -0.164. The summed E-state index contributed by atoms with van der Waals surface area (Å²) < 4.78 is 0. The lowest BCUT2D eigenvalue weighted by Crippen LogP contribution is -2.26. The highest BCUT2D eigenvalue weighted by atomic mass is 16.5. The molecule has 1 heterocycles. The first-order valence-electron chi connectivity index (χ1n) is 3.89. The van der Waals surface area contributed by atoms with Crippen molar-refractivity contribution >= 4 is 11.6 Å². The van der Waals surface area contributed by atoms with Crippen LogP contribution in [0.3, 0.4) is 0 Å². The molecule has 2 aliphatic rings. The molecule has 0 aromatic carbocycles. The van der Waals surface area contributed by atoms with E-state index in [1.165, 1.54) is 0 Å². The highest BCUT2D eigenvalue weighted by molar-refractivity contribution is 6.07. The third kappa shape index (κ3) is 0.939. The minimum Gasteiger partial charge on any atom is -0.270 e. The Morgan fingerprint density at radius 3 is 3.09 bits per heavy atom. The van der Waals surface area contributed by atoms with Gasteiger partial charge < -0.3 is 0 Å². The van der Waals surface area contributed by atoms with Crippen LogP contribution in [-0.2, 0) is 4.79 Å². The first-order chi connectivity index (χ1) is 5.29. The maximum Gasteiger partial charge on any atom is 0.277 e. The number of rotatable bonds is 0. The molecule has 0 radical (unpaired) electrons. The fourth-order valence-corrected chi connectivity index (χ4v) is 1.69. The summed E-state index contributed by atoms with van der Waals surface area (Å²) in [6, 6.07) is 0. The van der Waals surface area contributed by atoms with Crippen LogP contribution in [0.2, 0.25) is 0 Å². The van der Waals surface area contributed by atoms with Crippen LogP contribution in [-0.4, -0.2) is 22.0 Å². The topological polar surface area (TPSA) is 52.9 Å².